The summed E-state index contributed by atoms with van der Waals surface area (Å²) in [6.07, 6.45) is 7.41. The molecular weight excluding hydrogens is 508 g/mol. The van der Waals surface area contributed by atoms with Gasteiger partial charge in [-0.25, -0.2) is 0 Å². The van der Waals surface area contributed by atoms with Crippen molar-refractivity contribution in [1.82, 2.24) is 0 Å². The molecule has 4 fully saturated rings. The molecule has 7 heteroatoms. The molecule has 4 rings (SSSR count). The van der Waals surface area contributed by atoms with Crippen LogP contribution in [0, 0.1) is 29.1 Å². The molecule has 4 aliphatic rings. The summed E-state index contributed by atoms with van der Waals surface area (Å²) >= 11 is 0. The second-order valence-electron chi connectivity index (χ2n) is 13.8. The van der Waals surface area contributed by atoms with E-state index in [0.29, 0.717) is 29.7 Å². The van der Waals surface area contributed by atoms with E-state index < -0.39 is 49.5 Å². The first-order valence-corrected chi connectivity index (χ1v) is 15.7. The van der Waals surface area contributed by atoms with Gasteiger partial charge in [0.2, 0.25) is 0 Å². The number of fused-ring (bicyclic) bond motifs is 1. The number of allylic oxidation sites excluding steroid dienone is 3. The smallest absolute Gasteiger partial charge is 0.186 e. The lowest BCUT2D eigenvalue weighted by atomic mass is 9.60. The fraction of sp³-hybridized carbons (Fsp3) is 0.818. The van der Waals surface area contributed by atoms with Gasteiger partial charge in [-0.2, -0.15) is 0 Å². The van der Waals surface area contributed by atoms with Crippen LogP contribution in [-0.4, -0.2) is 75.1 Å². The summed E-state index contributed by atoms with van der Waals surface area (Å²) in [4.78, 5) is 0. The van der Waals surface area contributed by atoms with E-state index >= 15 is 0 Å². The monoisotopic (exact) mass is 562 g/mol. The number of aliphatic hydroxyl groups is 5. The Labute approximate surface area is 241 Å². The van der Waals surface area contributed by atoms with Crippen LogP contribution in [0.25, 0.3) is 0 Å². The zero-order valence-electron chi connectivity index (χ0n) is 25.0. The van der Waals surface area contributed by atoms with E-state index in [-0.39, 0.29) is 0 Å². The van der Waals surface area contributed by atoms with Crippen molar-refractivity contribution in [3.8, 4) is 0 Å². The van der Waals surface area contributed by atoms with Gasteiger partial charge >= 0.3 is 0 Å². The molecular formula is C33H54O7. The number of aliphatic hydroxyl groups excluding tert-OH is 5. The third-order valence-corrected chi connectivity index (χ3v) is 10.6. The highest BCUT2D eigenvalue weighted by molar-refractivity contribution is 5.39. The second-order valence-corrected chi connectivity index (χ2v) is 13.8. The molecule has 0 spiro atoms. The number of rotatable bonds is 9. The van der Waals surface area contributed by atoms with Gasteiger partial charge in [0.25, 0.3) is 0 Å². The zero-order valence-corrected chi connectivity index (χ0v) is 25.0. The van der Waals surface area contributed by atoms with E-state index in [9.17, 15) is 25.5 Å². The Balaban J connectivity index is 1.44. The molecule has 7 nitrogen and oxygen atoms in total. The lowest BCUT2D eigenvalue weighted by Crippen LogP contribution is -2.59. The molecule has 0 amide bonds. The van der Waals surface area contributed by atoms with E-state index in [1.54, 1.807) is 0 Å². The van der Waals surface area contributed by atoms with Gasteiger partial charge in [0, 0.05) is 6.42 Å². The Morgan fingerprint density at radius 2 is 1.80 bits per heavy atom. The molecule has 0 bridgehead atoms. The van der Waals surface area contributed by atoms with Crippen LogP contribution in [0.3, 0.4) is 0 Å². The van der Waals surface area contributed by atoms with E-state index in [1.165, 1.54) is 50.5 Å². The molecule has 1 heterocycles. The molecule has 3 aliphatic carbocycles. The highest BCUT2D eigenvalue weighted by atomic mass is 16.7. The van der Waals surface area contributed by atoms with Gasteiger partial charge in [0.05, 0.1) is 18.8 Å². The van der Waals surface area contributed by atoms with Crippen molar-refractivity contribution in [2.45, 2.75) is 135 Å². The van der Waals surface area contributed by atoms with Crippen molar-refractivity contribution in [3.05, 3.63) is 35.5 Å². The molecule has 5 N–H and O–H groups in total. The van der Waals surface area contributed by atoms with Crippen LogP contribution < -0.4 is 0 Å². The van der Waals surface area contributed by atoms with Gasteiger partial charge in [0.1, 0.15) is 24.4 Å². The maximum Gasteiger partial charge on any atom is 0.186 e. The van der Waals surface area contributed by atoms with Gasteiger partial charge in [-0.3, -0.25) is 0 Å². The fourth-order valence-corrected chi connectivity index (χ4v) is 8.18. The first-order chi connectivity index (χ1) is 19.0. The quantitative estimate of drug-likeness (QED) is 0.282. The molecule has 0 radical (unpaired) electrons. The van der Waals surface area contributed by atoms with E-state index in [1.807, 2.05) is 0 Å². The van der Waals surface area contributed by atoms with Crippen LogP contribution in [-0.2, 0) is 9.47 Å². The van der Waals surface area contributed by atoms with Crippen LogP contribution >= 0.6 is 0 Å². The molecule has 0 aromatic heterocycles. The number of hydrogen-bond acceptors (Lipinski definition) is 7. The Morgan fingerprint density at radius 3 is 2.50 bits per heavy atom. The van der Waals surface area contributed by atoms with Crippen LogP contribution in [0.15, 0.2) is 35.5 Å². The van der Waals surface area contributed by atoms with Crippen LogP contribution in [0.5, 0.6) is 0 Å². The third kappa shape index (κ3) is 6.77. The molecule has 1 aliphatic heterocycles. The summed E-state index contributed by atoms with van der Waals surface area (Å²) in [7, 11) is 0. The second kappa shape index (κ2) is 13.5. The van der Waals surface area contributed by atoms with Gasteiger partial charge in [-0.15, -0.1) is 0 Å². The Hall–Kier alpha value is -1.06. The van der Waals surface area contributed by atoms with E-state index in [0.717, 1.165) is 29.7 Å². The summed E-state index contributed by atoms with van der Waals surface area (Å²) in [5.41, 5.74) is 3.46. The zero-order chi connectivity index (χ0) is 29.2. The molecule has 0 aromatic rings. The molecule has 3 unspecified atom stereocenters. The molecule has 1 saturated heterocycles. The van der Waals surface area contributed by atoms with Crippen LogP contribution in [0.4, 0.5) is 0 Å². The predicted molar refractivity (Wildman–Crippen MR) is 155 cm³/mol. The van der Waals surface area contributed by atoms with E-state index in [4.69, 9.17) is 9.47 Å². The fourth-order valence-electron chi connectivity index (χ4n) is 8.18. The Morgan fingerprint density at radius 1 is 1.05 bits per heavy atom. The van der Waals surface area contributed by atoms with Gasteiger partial charge in [-0.05, 0) is 78.8 Å². The van der Waals surface area contributed by atoms with Crippen molar-refractivity contribution >= 4 is 0 Å². The normalized spacial score (nSPS) is 43.5. The minimum absolute atomic E-state index is 0.291. The molecule has 3 saturated carbocycles. The van der Waals surface area contributed by atoms with Crippen LogP contribution in [0.1, 0.15) is 91.9 Å². The highest BCUT2D eigenvalue weighted by Gasteiger charge is 2.50. The van der Waals surface area contributed by atoms with Crippen molar-refractivity contribution < 1.29 is 35.0 Å². The van der Waals surface area contributed by atoms with Crippen molar-refractivity contribution in [1.29, 1.82) is 0 Å². The lowest BCUT2D eigenvalue weighted by molar-refractivity contribution is -0.312. The maximum absolute atomic E-state index is 10.8. The number of ether oxygens (including phenoxy) is 2. The first kappa shape index (κ1) is 31.9. The summed E-state index contributed by atoms with van der Waals surface area (Å²) in [6.45, 7) is 13.3. The Kier molecular flexibility index (Phi) is 10.8. The topological polar surface area (TPSA) is 120 Å². The van der Waals surface area contributed by atoms with Gasteiger partial charge in [0.15, 0.2) is 6.29 Å². The largest absolute Gasteiger partial charge is 0.394 e. The van der Waals surface area contributed by atoms with E-state index in [2.05, 4.69) is 46.4 Å². The maximum atomic E-state index is 10.8. The molecule has 0 aromatic carbocycles. The minimum atomic E-state index is -1.49. The lowest BCUT2D eigenvalue weighted by Gasteiger charge is -2.44. The summed E-state index contributed by atoms with van der Waals surface area (Å²) in [5.74, 6) is 2.88. The van der Waals surface area contributed by atoms with Gasteiger partial charge < -0.3 is 35.0 Å². The summed E-state index contributed by atoms with van der Waals surface area (Å²) < 4.78 is 11.5. The molecule has 40 heavy (non-hydrogen) atoms. The van der Waals surface area contributed by atoms with Crippen LogP contribution in [0.2, 0.25) is 0 Å². The summed E-state index contributed by atoms with van der Waals surface area (Å²) in [5, 5.41) is 50.9. The average molecular weight is 563 g/mol. The van der Waals surface area contributed by atoms with Crippen molar-refractivity contribution in [2.24, 2.45) is 29.1 Å². The standard InChI is InChI=1S/C33H54O7/c1-19(2)8-6-9-20(3)25-13-14-26-22(10-7-15-33(25,26)5)11-12-23-16-24(17-27(35)21(23)4)39-32-31(38)30(37)29(36)28(18-34)40-32/h11-12,19-20,24-32,34-38H,4,6-10,13-18H2,1-3,5H3/b22-11+,23-12-/t20-,24-,25-,26?,27?,28-,29-,30+,31-,32?,33-/m1/s1. The SMILES string of the molecule is C=C1/C(=C\C=C2/CCC[C@@]3(C)C2CC[C@@H]3[C@H](C)CCCC(C)C)C[C@@H](OC2O[C@H](CO)[C@@H](O)[C@H](O)[C@H]2O)CC1O. The molecule has 11 atom stereocenters. The first-order valence-electron chi connectivity index (χ1n) is 15.7. The summed E-state index contributed by atoms with van der Waals surface area (Å²) in [6, 6.07) is 0. The minimum Gasteiger partial charge on any atom is -0.394 e. The number of hydrogen-bond donors (Lipinski definition) is 5. The average Bonchev–Trinajstić information content (AvgIpc) is 3.27. The predicted octanol–water partition coefficient (Wildman–Crippen LogP) is 4.41. The Bertz CT molecular complexity index is 926. The van der Waals surface area contributed by atoms with Crippen molar-refractivity contribution in [3.63, 3.8) is 0 Å². The van der Waals surface area contributed by atoms with Gasteiger partial charge in [-0.1, -0.05) is 71.3 Å². The third-order valence-electron chi connectivity index (χ3n) is 10.6. The highest BCUT2D eigenvalue weighted by Crippen LogP contribution is 2.60. The van der Waals surface area contributed by atoms with Crippen molar-refractivity contribution in [2.75, 3.05) is 6.61 Å². The molecule has 228 valence electrons.